The summed E-state index contributed by atoms with van der Waals surface area (Å²) in [5, 5.41) is 0.639. The summed E-state index contributed by atoms with van der Waals surface area (Å²) < 4.78 is 14.6. The van der Waals surface area contributed by atoms with E-state index in [0.29, 0.717) is 42.9 Å². The van der Waals surface area contributed by atoms with Crippen LogP contribution < -0.4 is 10.5 Å². The number of methoxy groups -OCH3 is 2. The number of nitrogens with two attached hydrogens (primary N) is 1. The number of hydrogen-bond donors (Lipinski definition) is 1. The van der Waals surface area contributed by atoms with Gasteiger partial charge < -0.3 is 19.9 Å². The van der Waals surface area contributed by atoms with Crippen molar-refractivity contribution >= 4 is 23.6 Å². The van der Waals surface area contributed by atoms with Gasteiger partial charge in [0, 0.05) is 12.1 Å². The number of aromatic nitrogens is 2. The predicted molar refractivity (Wildman–Crippen MR) is 125 cm³/mol. The Morgan fingerprint density at radius 1 is 1.23 bits per heavy atom. The second-order valence-electron chi connectivity index (χ2n) is 4.99. The van der Waals surface area contributed by atoms with Crippen LogP contribution in [0.4, 0.5) is 10.7 Å². The molecule has 2 N–H and O–H groups in total. The van der Waals surface area contributed by atoms with Gasteiger partial charge in [0.2, 0.25) is 11.8 Å². The Morgan fingerprint density at radius 2 is 1.77 bits per heavy atom. The molecule has 0 fully saturated rings. The maximum absolute atomic E-state index is 11.6. The monoisotopic (exact) mass is 446 g/mol. The quantitative estimate of drug-likeness (QED) is 0.636. The van der Waals surface area contributed by atoms with E-state index in [1.165, 1.54) is 12.0 Å². The number of halogens is 1. The Bertz CT molecular complexity index is 609. The van der Waals surface area contributed by atoms with E-state index in [1.54, 1.807) is 27.0 Å². The normalized spacial score (nSPS) is 10.1. The molecule has 0 radical (unpaired) electrons. The van der Waals surface area contributed by atoms with E-state index in [1.807, 2.05) is 27.7 Å². The van der Waals surface area contributed by atoms with Gasteiger partial charge in [-0.05, 0) is 13.8 Å². The maximum Gasteiger partial charge on any atom is 0.410 e. The van der Waals surface area contributed by atoms with Gasteiger partial charge in [0.05, 0.1) is 44.7 Å². The SMILES string of the molecule is C=C(C)Cl.C=CCOC.CC.CC.CCOC(=O)N1Cc2nc(N)nc(OC)c2C1. The van der Waals surface area contributed by atoms with Gasteiger partial charge in [-0.15, -0.1) is 6.58 Å². The number of carbonyl (C=O) groups excluding carboxylic acids is 1. The van der Waals surface area contributed by atoms with Gasteiger partial charge in [-0.3, -0.25) is 4.90 Å². The molecule has 1 aliphatic heterocycles. The van der Waals surface area contributed by atoms with E-state index in [-0.39, 0.29) is 12.0 Å². The minimum absolute atomic E-state index is 0.145. The number of hydrogen-bond acceptors (Lipinski definition) is 7. The van der Waals surface area contributed by atoms with Gasteiger partial charge >= 0.3 is 6.09 Å². The highest BCUT2D eigenvalue weighted by atomic mass is 35.5. The largest absolute Gasteiger partial charge is 0.481 e. The van der Waals surface area contributed by atoms with Crippen LogP contribution in [0, 0.1) is 0 Å². The molecular formula is C21H39ClN4O4. The van der Waals surface area contributed by atoms with Crippen LogP contribution in [0.1, 0.15) is 52.8 Å². The van der Waals surface area contributed by atoms with Crippen LogP contribution >= 0.6 is 11.6 Å². The number of amides is 1. The van der Waals surface area contributed by atoms with E-state index in [0.717, 1.165) is 5.56 Å². The number of anilines is 1. The Hall–Kier alpha value is -2.32. The number of ether oxygens (including phenoxy) is 3. The Morgan fingerprint density at radius 3 is 2.13 bits per heavy atom. The van der Waals surface area contributed by atoms with Crippen LogP contribution in [0.15, 0.2) is 24.3 Å². The maximum atomic E-state index is 11.6. The Kier molecular flexibility index (Phi) is 23.1. The van der Waals surface area contributed by atoms with Crippen LogP contribution in [0.2, 0.25) is 0 Å². The number of fused-ring (bicyclic) bond motifs is 1. The Labute approximate surface area is 187 Å². The topological polar surface area (TPSA) is 99.8 Å². The van der Waals surface area contributed by atoms with Crippen LogP contribution in [0.25, 0.3) is 0 Å². The van der Waals surface area contributed by atoms with Gasteiger partial charge in [0.25, 0.3) is 0 Å². The van der Waals surface area contributed by atoms with Crippen molar-refractivity contribution in [3.63, 3.8) is 0 Å². The zero-order valence-electron chi connectivity index (χ0n) is 19.7. The molecule has 0 saturated carbocycles. The summed E-state index contributed by atoms with van der Waals surface area (Å²) in [6.07, 6.45) is 1.34. The van der Waals surface area contributed by atoms with Crippen LogP contribution in [-0.4, -0.2) is 48.4 Å². The van der Waals surface area contributed by atoms with Gasteiger partial charge in [0.15, 0.2) is 0 Å². The molecule has 0 atom stereocenters. The molecular weight excluding hydrogens is 408 g/mol. The summed E-state index contributed by atoms with van der Waals surface area (Å²) >= 11 is 5.08. The first-order valence-electron chi connectivity index (χ1n) is 9.82. The van der Waals surface area contributed by atoms with Gasteiger partial charge in [0.1, 0.15) is 0 Å². The lowest BCUT2D eigenvalue weighted by Crippen LogP contribution is -2.26. The van der Waals surface area contributed by atoms with E-state index in [2.05, 4.69) is 27.9 Å². The molecule has 0 aromatic carbocycles. The van der Waals surface area contributed by atoms with E-state index in [9.17, 15) is 4.79 Å². The van der Waals surface area contributed by atoms with Crippen molar-refractivity contribution in [2.45, 2.75) is 54.6 Å². The first kappa shape index (κ1) is 32.3. The van der Waals surface area contributed by atoms with E-state index >= 15 is 0 Å². The summed E-state index contributed by atoms with van der Waals surface area (Å²) in [5.74, 6) is 0.561. The molecule has 1 aliphatic rings. The van der Waals surface area contributed by atoms with Crippen molar-refractivity contribution < 1.29 is 19.0 Å². The van der Waals surface area contributed by atoms with Crippen LogP contribution in [0.5, 0.6) is 5.88 Å². The fourth-order valence-electron chi connectivity index (χ4n) is 1.87. The lowest BCUT2D eigenvalue weighted by molar-refractivity contribution is 0.106. The highest BCUT2D eigenvalue weighted by Gasteiger charge is 2.29. The minimum atomic E-state index is -0.369. The standard InChI is InChI=1S/C10H14N4O3.C4H8O.C3H5Cl.2C2H6/c1-3-17-10(15)14-4-6-7(5-14)12-9(11)13-8(6)16-2;1-3-4-5-2;1-3(2)4;2*1-2/h3-5H2,1-2H3,(H2,11,12,13);3H,1,4H2,2H3;1H2,2H3;2*1-2H3. The molecule has 1 aromatic rings. The van der Waals surface area contributed by atoms with Crippen molar-refractivity contribution in [3.8, 4) is 5.88 Å². The molecule has 0 bridgehead atoms. The second kappa shape index (κ2) is 21.4. The summed E-state index contributed by atoms with van der Waals surface area (Å²) in [5.41, 5.74) is 7.05. The Balaban J connectivity index is -0.000000467. The van der Waals surface area contributed by atoms with Crippen LogP contribution in [0.3, 0.4) is 0 Å². The van der Waals surface area contributed by atoms with Crippen molar-refractivity contribution in [1.82, 2.24) is 14.9 Å². The molecule has 1 aromatic heterocycles. The third-order valence-corrected chi connectivity index (χ3v) is 2.77. The van der Waals surface area contributed by atoms with E-state index < -0.39 is 0 Å². The molecule has 0 aliphatic carbocycles. The molecule has 2 rings (SSSR count). The summed E-state index contributed by atoms with van der Waals surface area (Å²) in [6.45, 7) is 20.0. The first-order chi connectivity index (χ1) is 14.3. The van der Waals surface area contributed by atoms with Crippen molar-refractivity contribution in [1.29, 1.82) is 0 Å². The lowest BCUT2D eigenvalue weighted by Gasteiger charge is -2.13. The molecule has 1 amide bonds. The first-order valence-corrected chi connectivity index (χ1v) is 10.2. The number of nitrogen functional groups attached to an aromatic ring is 1. The smallest absolute Gasteiger partial charge is 0.410 e. The molecule has 9 heteroatoms. The highest BCUT2D eigenvalue weighted by molar-refractivity contribution is 6.28. The van der Waals surface area contributed by atoms with Crippen molar-refractivity contribution in [2.75, 3.05) is 33.2 Å². The van der Waals surface area contributed by atoms with E-state index in [4.69, 9.17) is 26.8 Å². The third kappa shape index (κ3) is 14.6. The lowest BCUT2D eigenvalue weighted by atomic mass is 10.2. The van der Waals surface area contributed by atoms with Gasteiger partial charge in [-0.1, -0.05) is 52.0 Å². The van der Waals surface area contributed by atoms with Gasteiger partial charge in [-0.2, -0.15) is 4.98 Å². The fraction of sp³-hybridized carbons (Fsp3) is 0.571. The zero-order chi connectivity index (χ0) is 24.1. The van der Waals surface area contributed by atoms with Crippen molar-refractivity contribution in [2.24, 2.45) is 0 Å². The zero-order valence-corrected chi connectivity index (χ0v) is 20.5. The number of rotatable bonds is 4. The third-order valence-electron chi connectivity index (χ3n) is 2.77. The molecule has 0 unspecified atom stereocenters. The average molecular weight is 447 g/mol. The van der Waals surface area contributed by atoms with Crippen LogP contribution in [-0.2, 0) is 22.6 Å². The highest BCUT2D eigenvalue weighted by Crippen LogP contribution is 2.29. The molecule has 174 valence electrons. The predicted octanol–water partition coefficient (Wildman–Crippen LogP) is 5.17. The number of nitrogens with zero attached hydrogens (tertiary/aromatic N) is 3. The van der Waals surface area contributed by atoms with Crippen molar-refractivity contribution in [3.05, 3.63) is 35.5 Å². The molecule has 2 heterocycles. The second-order valence-corrected chi connectivity index (χ2v) is 5.64. The fourth-order valence-corrected chi connectivity index (χ4v) is 1.87. The average Bonchev–Trinajstić information content (AvgIpc) is 3.15. The number of carbonyl (C=O) groups is 1. The summed E-state index contributed by atoms with van der Waals surface area (Å²) in [6, 6.07) is 0. The molecule has 0 spiro atoms. The summed E-state index contributed by atoms with van der Waals surface area (Å²) in [7, 11) is 3.15. The molecule has 0 saturated heterocycles. The summed E-state index contributed by atoms with van der Waals surface area (Å²) in [4.78, 5) is 21.2. The minimum Gasteiger partial charge on any atom is -0.481 e. The molecule has 30 heavy (non-hydrogen) atoms. The molecule has 8 nitrogen and oxygen atoms in total. The number of allylic oxidation sites excluding steroid dienone is 1. The van der Waals surface area contributed by atoms with Gasteiger partial charge in [-0.25, -0.2) is 9.78 Å².